The number of hydrogen-bond donors (Lipinski definition) is 1. The lowest BCUT2D eigenvalue weighted by atomic mass is 9.83. The van der Waals surface area contributed by atoms with Crippen molar-refractivity contribution in [1.82, 2.24) is 5.32 Å². The summed E-state index contributed by atoms with van der Waals surface area (Å²) in [5.41, 5.74) is 0.428. The molecule has 0 unspecified atom stereocenters. The van der Waals surface area contributed by atoms with E-state index in [1.807, 2.05) is 18.2 Å². The van der Waals surface area contributed by atoms with Crippen LogP contribution in [0.5, 0.6) is 5.75 Å². The van der Waals surface area contributed by atoms with Gasteiger partial charge in [-0.3, -0.25) is 0 Å². The largest absolute Gasteiger partial charge is 0.490 e. The van der Waals surface area contributed by atoms with Crippen LogP contribution in [0.3, 0.4) is 0 Å². The van der Waals surface area contributed by atoms with Crippen molar-refractivity contribution in [1.29, 1.82) is 0 Å². The molecule has 4 nitrogen and oxygen atoms in total. The van der Waals surface area contributed by atoms with Gasteiger partial charge in [0.25, 0.3) is 0 Å². The minimum Gasteiger partial charge on any atom is -0.490 e. The van der Waals surface area contributed by atoms with Gasteiger partial charge in [0.2, 0.25) is 0 Å². The van der Waals surface area contributed by atoms with E-state index in [-0.39, 0.29) is 23.8 Å². The van der Waals surface area contributed by atoms with Crippen LogP contribution in [-0.2, 0) is 16.5 Å². The summed E-state index contributed by atoms with van der Waals surface area (Å²) in [6.07, 6.45) is -2.14. The Labute approximate surface area is 196 Å². The van der Waals surface area contributed by atoms with Crippen LogP contribution in [0.4, 0.5) is 18.0 Å². The average molecular weight is 470 g/mol. The molecule has 5 rings (SSSR count). The van der Waals surface area contributed by atoms with Gasteiger partial charge in [0.15, 0.2) is 0 Å². The van der Waals surface area contributed by atoms with Gasteiger partial charge in [-0.05, 0) is 72.6 Å². The van der Waals surface area contributed by atoms with Crippen LogP contribution in [0.2, 0.25) is 0 Å². The van der Waals surface area contributed by atoms with E-state index < -0.39 is 23.4 Å². The fourth-order valence-electron chi connectivity index (χ4n) is 5.13. The highest BCUT2D eigenvalue weighted by Crippen LogP contribution is 2.44. The number of alkyl carbamates (subject to hydrolysis) is 1. The van der Waals surface area contributed by atoms with Crippen LogP contribution in [0.1, 0.15) is 55.2 Å². The van der Waals surface area contributed by atoms with Crippen molar-refractivity contribution in [3.63, 3.8) is 0 Å². The molecule has 1 aliphatic heterocycles. The molecule has 1 heterocycles. The summed E-state index contributed by atoms with van der Waals surface area (Å²) in [4.78, 5) is 11.5. The standard InChI is InChI=1S/C27H26F3NO3/c1-26(16-33-25(32)31-26)20-10-13-22-19(15-20)9-14-23(24(22)27(28,29)30)34-21-11-7-18(8-12-21)17-5-3-2-4-6-17/h2-6,9-10,13-15,18,21H,7-8,11-12,16H2,1H3,(H,31,32)/t18?,21?,26-/m0/s1. The second kappa shape index (κ2) is 8.53. The quantitative estimate of drug-likeness (QED) is 0.451. The number of amides is 1. The second-order valence-electron chi connectivity index (χ2n) is 9.41. The number of halogens is 3. The fraction of sp³-hybridized carbons (Fsp3) is 0.370. The highest BCUT2D eigenvalue weighted by atomic mass is 19.4. The molecule has 1 saturated carbocycles. The number of carbonyl (C=O) groups is 1. The molecule has 1 saturated heterocycles. The molecule has 1 atom stereocenters. The molecule has 3 aromatic rings. The SMILES string of the molecule is C[C@@]1(c2ccc3c(C(F)(F)F)c(OC4CCC(c5ccccc5)CC4)ccc3c2)COC(=O)N1. The van der Waals surface area contributed by atoms with Crippen molar-refractivity contribution in [3.8, 4) is 5.75 Å². The van der Waals surface area contributed by atoms with E-state index in [1.165, 1.54) is 17.7 Å². The molecule has 0 bridgehead atoms. The topological polar surface area (TPSA) is 47.6 Å². The Morgan fingerprint density at radius 2 is 1.74 bits per heavy atom. The molecular formula is C27H26F3NO3. The van der Waals surface area contributed by atoms with Gasteiger partial charge < -0.3 is 14.8 Å². The molecule has 178 valence electrons. The summed E-state index contributed by atoms with van der Waals surface area (Å²) < 4.78 is 53.5. The summed E-state index contributed by atoms with van der Waals surface area (Å²) in [5.74, 6) is 0.291. The number of cyclic esters (lactones) is 1. The van der Waals surface area contributed by atoms with Crippen LogP contribution in [0.15, 0.2) is 60.7 Å². The molecule has 1 amide bonds. The Hall–Kier alpha value is -3.22. The van der Waals surface area contributed by atoms with Gasteiger partial charge in [-0.1, -0.05) is 48.5 Å². The molecule has 7 heteroatoms. The number of fused-ring (bicyclic) bond motifs is 1. The van der Waals surface area contributed by atoms with Crippen LogP contribution in [0.25, 0.3) is 10.8 Å². The van der Waals surface area contributed by atoms with Crippen molar-refractivity contribution < 1.29 is 27.4 Å². The summed E-state index contributed by atoms with van der Waals surface area (Å²) in [7, 11) is 0. The molecule has 2 aliphatic rings. The van der Waals surface area contributed by atoms with Gasteiger partial charge in [-0.15, -0.1) is 0 Å². The number of alkyl halides is 3. The molecule has 0 spiro atoms. The fourth-order valence-corrected chi connectivity index (χ4v) is 5.13. The Morgan fingerprint density at radius 3 is 2.38 bits per heavy atom. The first-order valence-electron chi connectivity index (χ1n) is 11.5. The molecule has 1 aliphatic carbocycles. The predicted molar refractivity (Wildman–Crippen MR) is 123 cm³/mol. The summed E-state index contributed by atoms with van der Waals surface area (Å²) in [5, 5.41) is 3.25. The first-order valence-corrected chi connectivity index (χ1v) is 11.5. The smallest absolute Gasteiger partial charge is 0.420 e. The van der Waals surface area contributed by atoms with Crippen LogP contribution in [0, 0.1) is 0 Å². The Kier molecular flexibility index (Phi) is 5.66. The van der Waals surface area contributed by atoms with Crippen molar-refractivity contribution in [2.45, 2.75) is 56.3 Å². The molecule has 0 aromatic heterocycles. The average Bonchev–Trinajstić information content (AvgIpc) is 3.18. The first kappa shape index (κ1) is 22.6. The van der Waals surface area contributed by atoms with Crippen LogP contribution in [-0.4, -0.2) is 18.8 Å². The van der Waals surface area contributed by atoms with Gasteiger partial charge >= 0.3 is 12.3 Å². The third-order valence-electron chi connectivity index (χ3n) is 7.01. The van der Waals surface area contributed by atoms with E-state index in [9.17, 15) is 18.0 Å². The summed E-state index contributed by atoms with van der Waals surface area (Å²) in [6.45, 7) is 1.91. The highest BCUT2D eigenvalue weighted by Gasteiger charge is 2.39. The first-order chi connectivity index (χ1) is 16.2. The van der Waals surface area contributed by atoms with E-state index >= 15 is 0 Å². The van der Waals surface area contributed by atoms with E-state index in [0.29, 0.717) is 29.7 Å². The maximum absolute atomic E-state index is 14.2. The maximum atomic E-state index is 14.2. The Morgan fingerprint density at radius 1 is 1.00 bits per heavy atom. The number of nitrogens with one attached hydrogen (secondary N) is 1. The van der Waals surface area contributed by atoms with Crippen molar-refractivity contribution in [2.75, 3.05) is 6.61 Å². The van der Waals surface area contributed by atoms with Gasteiger partial charge in [0.1, 0.15) is 17.9 Å². The molecule has 34 heavy (non-hydrogen) atoms. The lowest BCUT2D eigenvalue weighted by Crippen LogP contribution is -2.37. The third kappa shape index (κ3) is 4.31. The number of rotatable bonds is 4. The van der Waals surface area contributed by atoms with E-state index in [4.69, 9.17) is 9.47 Å². The molecule has 0 radical (unpaired) electrons. The highest BCUT2D eigenvalue weighted by molar-refractivity contribution is 5.89. The van der Waals surface area contributed by atoms with Crippen LogP contribution >= 0.6 is 0 Å². The minimum absolute atomic E-state index is 0.0839. The van der Waals surface area contributed by atoms with Gasteiger partial charge in [0.05, 0.1) is 11.6 Å². The van der Waals surface area contributed by atoms with E-state index in [1.54, 1.807) is 25.1 Å². The molecule has 1 N–H and O–H groups in total. The van der Waals surface area contributed by atoms with Crippen molar-refractivity contribution in [2.24, 2.45) is 0 Å². The number of benzene rings is 3. The van der Waals surface area contributed by atoms with Crippen molar-refractivity contribution in [3.05, 3.63) is 77.4 Å². The normalized spacial score (nSPS) is 25.1. The van der Waals surface area contributed by atoms with E-state index in [0.717, 1.165) is 12.8 Å². The van der Waals surface area contributed by atoms with Gasteiger partial charge in [-0.25, -0.2) is 4.79 Å². The maximum Gasteiger partial charge on any atom is 0.420 e. The zero-order valence-corrected chi connectivity index (χ0v) is 18.8. The van der Waals surface area contributed by atoms with Crippen molar-refractivity contribution >= 4 is 16.9 Å². The molecule has 3 aromatic carbocycles. The van der Waals surface area contributed by atoms with Gasteiger partial charge in [0, 0.05) is 0 Å². The summed E-state index contributed by atoms with van der Waals surface area (Å²) >= 11 is 0. The van der Waals surface area contributed by atoms with E-state index in [2.05, 4.69) is 17.4 Å². The lowest BCUT2D eigenvalue weighted by Gasteiger charge is -2.30. The second-order valence-corrected chi connectivity index (χ2v) is 9.41. The Balaban J connectivity index is 1.40. The van der Waals surface area contributed by atoms with Crippen LogP contribution < -0.4 is 10.1 Å². The predicted octanol–water partition coefficient (Wildman–Crippen LogP) is 6.92. The summed E-state index contributed by atoms with van der Waals surface area (Å²) in [6, 6.07) is 18.0. The minimum atomic E-state index is -4.56. The zero-order chi connectivity index (χ0) is 23.9. The third-order valence-corrected chi connectivity index (χ3v) is 7.01. The number of carbonyl (C=O) groups excluding carboxylic acids is 1. The molecular weight excluding hydrogens is 443 g/mol. The lowest BCUT2D eigenvalue weighted by molar-refractivity contribution is -0.138. The number of ether oxygens (including phenoxy) is 2. The monoisotopic (exact) mass is 469 g/mol. The zero-order valence-electron chi connectivity index (χ0n) is 18.8. The Bertz CT molecular complexity index is 1200. The van der Waals surface area contributed by atoms with Gasteiger partial charge in [-0.2, -0.15) is 13.2 Å². The number of hydrogen-bond acceptors (Lipinski definition) is 3. The molecule has 2 fully saturated rings.